The topological polar surface area (TPSA) is 78.3 Å². The third kappa shape index (κ3) is 4.08. The van der Waals surface area contributed by atoms with Gasteiger partial charge in [-0.05, 0) is 37.6 Å². The standard InChI is InChI=1S/C20H22N4O3/c1-5-6-14-7-8-17(18(9-14)26-4)27-12-19(25)22-15-10-16-13(2)23-24(3)20(16)21-11-15/h5-11H,12H2,1-4H3,(H,22,25)/b6-5+. The Kier molecular flexibility index (Phi) is 5.40. The molecule has 2 aromatic heterocycles. The predicted molar refractivity (Wildman–Crippen MR) is 105 cm³/mol. The van der Waals surface area contributed by atoms with Crippen LogP contribution < -0.4 is 14.8 Å². The number of rotatable bonds is 6. The monoisotopic (exact) mass is 366 g/mol. The van der Waals surface area contributed by atoms with Gasteiger partial charge in [0.2, 0.25) is 0 Å². The smallest absolute Gasteiger partial charge is 0.262 e. The van der Waals surface area contributed by atoms with Gasteiger partial charge in [0, 0.05) is 12.4 Å². The van der Waals surface area contributed by atoms with E-state index in [2.05, 4.69) is 15.4 Å². The first-order valence-electron chi connectivity index (χ1n) is 8.54. The highest BCUT2D eigenvalue weighted by Crippen LogP contribution is 2.28. The fourth-order valence-corrected chi connectivity index (χ4v) is 2.82. The zero-order chi connectivity index (χ0) is 19.4. The number of aryl methyl sites for hydroxylation is 2. The van der Waals surface area contributed by atoms with Crippen molar-refractivity contribution >= 4 is 28.7 Å². The Balaban J connectivity index is 1.67. The molecule has 0 saturated heterocycles. The van der Waals surface area contributed by atoms with E-state index in [4.69, 9.17) is 9.47 Å². The average Bonchev–Trinajstić information content (AvgIpc) is 2.94. The van der Waals surface area contributed by atoms with Gasteiger partial charge >= 0.3 is 0 Å². The molecule has 7 nitrogen and oxygen atoms in total. The number of benzene rings is 1. The molecule has 3 aromatic rings. The molecule has 0 saturated carbocycles. The van der Waals surface area contributed by atoms with Crippen LogP contribution in [0.2, 0.25) is 0 Å². The van der Waals surface area contributed by atoms with Crippen molar-refractivity contribution in [1.29, 1.82) is 0 Å². The van der Waals surface area contributed by atoms with Crippen LogP contribution in [0, 0.1) is 6.92 Å². The summed E-state index contributed by atoms with van der Waals surface area (Å²) in [7, 11) is 3.40. The van der Waals surface area contributed by atoms with Gasteiger partial charge in [-0.15, -0.1) is 0 Å². The van der Waals surface area contributed by atoms with Crippen LogP contribution in [-0.4, -0.2) is 34.4 Å². The number of methoxy groups -OCH3 is 1. The highest BCUT2D eigenvalue weighted by Gasteiger charge is 2.11. The number of pyridine rings is 1. The average molecular weight is 366 g/mol. The predicted octanol–water partition coefficient (Wildman–Crippen LogP) is 3.34. The molecule has 0 aliphatic heterocycles. The first-order chi connectivity index (χ1) is 13.0. The van der Waals surface area contributed by atoms with Crippen LogP contribution in [0.5, 0.6) is 11.5 Å². The summed E-state index contributed by atoms with van der Waals surface area (Å²) in [5.41, 5.74) is 3.23. The molecule has 1 N–H and O–H groups in total. The first kappa shape index (κ1) is 18.4. The fraction of sp³-hybridized carbons (Fsp3) is 0.250. The zero-order valence-corrected chi connectivity index (χ0v) is 15.8. The van der Waals surface area contributed by atoms with E-state index in [1.807, 2.05) is 51.2 Å². The van der Waals surface area contributed by atoms with Crippen molar-refractivity contribution in [1.82, 2.24) is 14.8 Å². The first-order valence-corrected chi connectivity index (χ1v) is 8.54. The van der Waals surface area contributed by atoms with E-state index in [-0.39, 0.29) is 12.5 Å². The van der Waals surface area contributed by atoms with Crippen LogP contribution in [0.25, 0.3) is 17.1 Å². The van der Waals surface area contributed by atoms with Gasteiger partial charge in [0.15, 0.2) is 23.8 Å². The van der Waals surface area contributed by atoms with Gasteiger partial charge in [-0.25, -0.2) is 4.98 Å². The van der Waals surface area contributed by atoms with Crippen molar-refractivity contribution in [2.75, 3.05) is 19.0 Å². The molecule has 0 unspecified atom stereocenters. The van der Waals surface area contributed by atoms with Crippen LogP contribution in [-0.2, 0) is 11.8 Å². The molecule has 1 amide bonds. The van der Waals surface area contributed by atoms with E-state index in [1.54, 1.807) is 24.1 Å². The molecular weight excluding hydrogens is 344 g/mol. The molecular formula is C20H22N4O3. The summed E-state index contributed by atoms with van der Waals surface area (Å²) in [6.07, 6.45) is 5.51. The van der Waals surface area contributed by atoms with E-state index in [9.17, 15) is 4.79 Å². The maximum Gasteiger partial charge on any atom is 0.262 e. The number of hydrogen-bond donors (Lipinski definition) is 1. The number of aromatic nitrogens is 3. The number of amides is 1. The maximum atomic E-state index is 12.2. The molecule has 2 heterocycles. The van der Waals surface area contributed by atoms with E-state index in [1.165, 1.54) is 0 Å². The van der Waals surface area contributed by atoms with Crippen molar-refractivity contribution in [2.45, 2.75) is 13.8 Å². The lowest BCUT2D eigenvalue weighted by Crippen LogP contribution is -2.20. The third-order valence-corrected chi connectivity index (χ3v) is 4.05. The number of allylic oxidation sites excluding steroid dienone is 1. The molecule has 140 valence electrons. The Morgan fingerprint density at radius 2 is 2.11 bits per heavy atom. The van der Waals surface area contributed by atoms with Crippen LogP contribution in [0.3, 0.4) is 0 Å². The Morgan fingerprint density at radius 3 is 2.85 bits per heavy atom. The lowest BCUT2D eigenvalue weighted by Gasteiger charge is -2.11. The summed E-state index contributed by atoms with van der Waals surface area (Å²) >= 11 is 0. The molecule has 7 heteroatoms. The second-order valence-corrected chi connectivity index (χ2v) is 6.05. The quantitative estimate of drug-likeness (QED) is 0.724. The minimum atomic E-state index is -0.280. The normalized spacial score (nSPS) is 11.1. The van der Waals surface area contributed by atoms with Crippen molar-refractivity contribution in [3.05, 3.63) is 47.8 Å². The largest absolute Gasteiger partial charge is 0.493 e. The number of carbonyl (C=O) groups is 1. The number of ether oxygens (including phenoxy) is 2. The van der Waals surface area contributed by atoms with Crippen LogP contribution in [0.4, 0.5) is 5.69 Å². The van der Waals surface area contributed by atoms with Crippen molar-refractivity contribution in [2.24, 2.45) is 7.05 Å². The summed E-state index contributed by atoms with van der Waals surface area (Å²) in [5, 5.41) is 8.02. The molecule has 3 rings (SSSR count). The molecule has 0 spiro atoms. The third-order valence-electron chi connectivity index (χ3n) is 4.05. The highest BCUT2D eigenvalue weighted by atomic mass is 16.5. The maximum absolute atomic E-state index is 12.2. The SMILES string of the molecule is C/C=C/c1ccc(OCC(=O)Nc2cnc3c(c2)c(C)nn3C)c(OC)c1. The molecule has 0 aliphatic rings. The van der Waals surface area contributed by atoms with E-state index < -0.39 is 0 Å². The second-order valence-electron chi connectivity index (χ2n) is 6.05. The van der Waals surface area contributed by atoms with Gasteiger partial charge < -0.3 is 14.8 Å². The van der Waals surface area contributed by atoms with E-state index in [0.29, 0.717) is 17.2 Å². The molecule has 0 radical (unpaired) electrons. The lowest BCUT2D eigenvalue weighted by atomic mass is 10.2. The highest BCUT2D eigenvalue weighted by molar-refractivity contribution is 5.94. The van der Waals surface area contributed by atoms with Crippen LogP contribution in [0.1, 0.15) is 18.2 Å². The molecule has 0 fully saturated rings. The minimum absolute atomic E-state index is 0.136. The summed E-state index contributed by atoms with van der Waals surface area (Å²) in [6.45, 7) is 3.71. The number of fused-ring (bicyclic) bond motifs is 1. The Morgan fingerprint density at radius 1 is 1.30 bits per heavy atom. The van der Waals surface area contributed by atoms with Crippen LogP contribution in [0.15, 0.2) is 36.5 Å². The number of anilines is 1. The van der Waals surface area contributed by atoms with Gasteiger partial charge in [0.05, 0.1) is 24.7 Å². The Bertz CT molecular complexity index is 1010. The summed E-state index contributed by atoms with van der Waals surface area (Å²) in [5.74, 6) is 0.808. The second kappa shape index (κ2) is 7.90. The number of nitrogens with one attached hydrogen (secondary N) is 1. The number of hydrogen-bond acceptors (Lipinski definition) is 5. The molecule has 0 aliphatic carbocycles. The lowest BCUT2D eigenvalue weighted by molar-refractivity contribution is -0.118. The van der Waals surface area contributed by atoms with Gasteiger partial charge in [-0.3, -0.25) is 9.48 Å². The Labute approximate surface area is 157 Å². The van der Waals surface area contributed by atoms with Gasteiger partial charge in [0.1, 0.15) is 0 Å². The van der Waals surface area contributed by atoms with Gasteiger partial charge in [-0.1, -0.05) is 18.2 Å². The molecule has 0 bridgehead atoms. The van der Waals surface area contributed by atoms with E-state index in [0.717, 1.165) is 22.3 Å². The van der Waals surface area contributed by atoms with Crippen LogP contribution >= 0.6 is 0 Å². The molecule has 27 heavy (non-hydrogen) atoms. The molecule has 0 atom stereocenters. The van der Waals surface area contributed by atoms with E-state index >= 15 is 0 Å². The Hall–Kier alpha value is -3.35. The minimum Gasteiger partial charge on any atom is -0.493 e. The van der Waals surface area contributed by atoms with Crippen molar-refractivity contribution < 1.29 is 14.3 Å². The number of carbonyl (C=O) groups excluding carboxylic acids is 1. The van der Waals surface area contributed by atoms with Crippen molar-refractivity contribution in [3.63, 3.8) is 0 Å². The summed E-state index contributed by atoms with van der Waals surface area (Å²) < 4.78 is 12.7. The summed E-state index contributed by atoms with van der Waals surface area (Å²) in [4.78, 5) is 16.6. The zero-order valence-electron chi connectivity index (χ0n) is 15.8. The summed E-state index contributed by atoms with van der Waals surface area (Å²) in [6, 6.07) is 7.40. The van der Waals surface area contributed by atoms with Gasteiger partial charge in [-0.2, -0.15) is 5.10 Å². The number of nitrogens with zero attached hydrogens (tertiary/aromatic N) is 3. The van der Waals surface area contributed by atoms with Crippen molar-refractivity contribution in [3.8, 4) is 11.5 Å². The van der Waals surface area contributed by atoms with Gasteiger partial charge in [0.25, 0.3) is 5.91 Å². The molecule has 1 aromatic carbocycles. The fourth-order valence-electron chi connectivity index (χ4n) is 2.82.